The Bertz CT molecular complexity index is 561. The van der Waals surface area contributed by atoms with E-state index in [2.05, 4.69) is 20.9 Å². The number of hydrogen-bond acceptors (Lipinski definition) is 4. The van der Waals surface area contributed by atoms with E-state index in [9.17, 15) is 10.1 Å². The Morgan fingerprint density at radius 3 is 2.67 bits per heavy atom. The zero-order valence-corrected chi connectivity index (χ0v) is 10.8. The molecule has 0 fully saturated rings. The second-order valence-electron chi connectivity index (χ2n) is 3.48. The van der Waals surface area contributed by atoms with Crippen molar-refractivity contribution in [2.24, 2.45) is 0 Å². The molecule has 0 atom stereocenters. The average Bonchev–Trinajstić information content (AvgIpc) is 2.37. The van der Waals surface area contributed by atoms with Crippen LogP contribution in [0.2, 0.25) is 0 Å². The standard InChI is InChI=1S/C12H9BrN2O3/c13-10-6-7-14-12(11(10)15(16)17)18-8-9-4-2-1-3-5-9/h1-7H,8H2. The molecular formula is C12H9BrN2O3. The summed E-state index contributed by atoms with van der Waals surface area (Å²) in [5, 5.41) is 10.9. The van der Waals surface area contributed by atoms with Crippen molar-refractivity contribution in [1.82, 2.24) is 4.98 Å². The normalized spacial score (nSPS) is 10.1. The van der Waals surface area contributed by atoms with Gasteiger partial charge in [0.2, 0.25) is 0 Å². The highest BCUT2D eigenvalue weighted by atomic mass is 79.9. The highest BCUT2D eigenvalue weighted by molar-refractivity contribution is 9.10. The monoisotopic (exact) mass is 308 g/mol. The smallest absolute Gasteiger partial charge is 0.344 e. The lowest BCUT2D eigenvalue weighted by Gasteiger charge is -2.06. The Kier molecular flexibility index (Phi) is 3.88. The molecule has 2 rings (SSSR count). The summed E-state index contributed by atoms with van der Waals surface area (Å²) in [6.07, 6.45) is 1.46. The minimum absolute atomic E-state index is 0.0122. The van der Waals surface area contributed by atoms with Gasteiger partial charge in [-0.15, -0.1) is 0 Å². The molecule has 0 bridgehead atoms. The van der Waals surface area contributed by atoms with E-state index >= 15 is 0 Å². The number of aromatic nitrogens is 1. The van der Waals surface area contributed by atoms with Gasteiger partial charge in [-0.3, -0.25) is 10.1 Å². The molecule has 0 radical (unpaired) electrons. The molecule has 0 N–H and O–H groups in total. The molecule has 0 aliphatic carbocycles. The molecule has 0 aliphatic rings. The quantitative estimate of drug-likeness (QED) is 0.642. The minimum atomic E-state index is -0.516. The summed E-state index contributed by atoms with van der Waals surface area (Å²) in [4.78, 5) is 14.3. The number of halogens is 1. The van der Waals surface area contributed by atoms with Crippen molar-refractivity contribution in [1.29, 1.82) is 0 Å². The number of benzene rings is 1. The lowest BCUT2D eigenvalue weighted by molar-refractivity contribution is -0.387. The number of nitro groups is 1. The van der Waals surface area contributed by atoms with E-state index in [1.165, 1.54) is 12.3 Å². The van der Waals surface area contributed by atoms with E-state index in [4.69, 9.17) is 4.74 Å². The first-order chi connectivity index (χ1) is 8.68. The third-order valence-corrected chi connectivity index (χ3v) is 2.88. The second kappa shape index (κ2) is 5.59. The highest BCUT2D eigenvalue weighted by Crippen LogP contribution is 2.32. The van der Waals surface area contributed by atoms with Crippen LogP contribution in [0.5, 0.6) is 5.88 Å². The van der Waals surface area contributed by atoms with Gasteiger partial charge in [0.05, 0.1) is 4.92 Å². The number of ether oxygens (including phenoxy) is 1. The molecule has 6 heteroatoms. The van der Waals surface area contributed by atoms with Crippen LogP contribution in [0.1, 0.15) is 5.56 Å². The Morgan fingerprint density at radius 1 is 1.28 bits per heavy atom. The molecule has 1 aromatic heterocycles. The van der Waals surface area contributed by atoms with Crippen molar-refractivity contribution in [2.45, 2.75) is 6.61 Å². The first kappa shape index (κ1) is 12.5. The van der Waals surface area contributed by atoms with Gasteiger partial charge in [0.1, 0.15) is 11.1 Å². The molecule has 2 aromatic rings. The predicted molar refractivity (Wildman–Crippen MR) is 69.4 cm³/mol. The van der Waals surface area contributed by atoms with Crippen LogP contribution >= 0.6 is 15.9 Å². The van der Waals surface area contributed by atoms with Crippen LogP contribution in [-0.4, -0.2) is 9.91 Å². The Hall–Kier alpha value is -1.95. The van der Waals surface area contributed by atoms with E-state index in [1.54, 1.807) is 0 Å². The Morgan fingerprint density at radius 2 is 2.00 bits per heavy atom. The van der Waals surface area contributed by atoms with Crippen LogP contribution in [0.15, 0.2) is 47.1 Å². The summed E-state index contributed by atoms with van der Waals surface area (Å²) in [5.41, 5.74) is 0.766. The van der Waals surface area contributed by atoms with Gasteiger partial charge in [0, 0.05) is 6.20 Å². The Labute approximate surface area is 112 Å². The van der Waals surface area contributed by atoms with Gasteiger partial charge in [0.15, 0.2) is 0 Å². The van der Waals surface area contributed by atoms with E-state index in [-0.39, 0.29) is 18.2 Å². The molecule has 0 spiro atoms. The van der Waals surface area contributed by atoms with Gasteiger partial charge < -0.3 is 4.74 Å². The zero-order chi connectivity index (χ0) is 13.0. The van der Waals surface area contributed by atoms with Gasteiger partial charge >= 0.3 is 5.69 Å². The number of rotatable bonds is 4. The van der Waals surface area contributed by atoms with E-state index in [0.29, 0.717) is 4.47 Å². The molecule has 18 heavy (non-hydrogen) atoms. The first-order valence-corrected chi connectivity index (χ1v) is 5.93. The third kappa shape index (κ3) is 2.84. The maximum atomic E-state index is 10.9. The number of nitrogens with zero attached hydrogens (tertiary/aromatic N) is 2. The van der Waals surface area contributed by atoms with Crippen molar-refractivity contribution in [3.63, 3.8) is 0 Å². The molecule has 0 unspecified atom stereocenters. The minimum Gasteiger partial charge on any atom is -0.468 e. The van der Waals surface area contributed by atoms with Crippen molar-refractivity contribution in [3.05, 3.63) is 62.7 Å². The van der Waals surface area contributed by atoms with Crippen LogP contribution in [0.25, 0.3) is 0 Å². The zero-order valence-electron chi connectivity index (χ0n) is 9.25. The molecule has 1 aromatic carbocycles. The SMILES string of the molecule is O=[N+]([O-])c1c(Br)ccnc1OCc1ccccc1. The van der Waals surface area contributed by atoms with Crippen LogP contribution in [0.3, 0.4) is 0 Å². The number of hydrogen-bond donors (Lipinski definition) is 0. The molecule has 0 amide bonds. The fraction of sp³-hybridized carbons (Fsp3) is 0.0833. The highest BCUT2D eigenvalue weighted by Gasteiger charge is 2.21. The fourth-order valence-electron chi connectivity index (χ4n) is 1.41. The lowest BCUT2D eigenvalue weighted by Crippen LogP contribution is -2.01. The molecule has 0 saturated carbocycles. The largest absolute Gasteiger partial charge is 0.468 e. The predicted octanol–water partition coefficient (Wildman–Crippen LogP) is 3.33. The summed E-state index contributed by atoms with van der Waals surface area (Å²) < 4.78 is 5.73. The summed E-state index contributed by atoms with van der Waals surface area (Å²) in [5.74, 6) is 0.0122. The topological polar surface area (TPSA) is 65.3 Å². The van der Waals surface area contributed by atoms with Crippen molar-refractivity contribution in [2.75, 3.05) is 0 Å². The summed E-state index contributed by atoms with van der Waals surface area (Å²) in [6, 6.07) is 10.9. The first-order valence-electron chi connectivity index (χ1n) is 5.14. The summed E-state index contributed by atoms with van der Waals surface area (Å²) in [6.45, 7) is 0.241. The Balaban J connectivity index is 2.20. The molecule has 0 saturated heterocycles. The maximum absolute atomic E-state index is 10.9. The molecule has 92 valence electrons. The summed E-state index contributed by atoms with van der Waals surface area (Å²) >= 11 is 3.11. The van der Waals surface area contributed by atoms with Gasteiger partial charge in [-0.1, -0.05) is 30.3 Å². The van der Waals surface area contributed by atoms with Crippen LogP contribution in [-0.2, 0) is 6.61 Å². The molecular weight excluding hydrogens is 300 g/mol. The van der Waals surface area contributed by atoms with Gasteiger partial charge in [0.25, 0.3) is 5.88 Å². The molecule has 5 nitrogen and oxygen atoms in total. The summed E-state index contributed by atoms with van der Waals surface area (Å²) in [7, 11) is 0. The van der Waals surface area contributed by atoms with E-state index in [0.717, 1.165) is 5.56 Å². The van der Waals surface area contributed by atoms with Crippen molar-refractivity contribution >= 4 is 21.6 Å². The lowest BCUT2D eigenvalue weighted by atomic mass is 10.2. The second-order valence-corrected chi connectivity index (χ2v) is 4.33. The van der Waals surface area contributed by atoms with Gasteiger partial charge in [-0.2, -0.15) is 0 Å². The van der Waals surface area contributed by atoms with Gasteiger partial charge in [-0.05, 0) is 27.6 Å². The van der Waals surface area contributed by atoms with Crippen molar-refractivity contribution < 1.29 is 9.66 Å². The number of pyridine rings is 1. The van der Waals surface area contributed by atoms with Crippen LogP contribution < -0.4 is 4.74 Å². The van der Waals surface area contributed by atoms with Crippen LogP contribution in [0, 0.1) is 10.1 Å². The maximum Gasteiger partial charge on any atom is 0.344 e. The van der Waals surface area contributed by atoms with Crippen molar-refractivity contribution in [3.8, 4) is 5.88 Å². The van der Waals surface area contributed by atoms with Gasteiger partial charge in [-0.25, -0.2) is 4.98 Å². The molecule has 0 aliphatic heterocycles. The van der Waals surface area contributed by atoms with E-state index < -0.39 is 4.92 Å². The third-order valence-electron chi connectivity index (χ3n) is 2.24. The molecule has 1 heterocycles. The van der Waals surface area contributed by atoms with E-state index in [1.807, 2.05) is 30.3 Å². The van der Waals surface area contributed by atoms with Crippen LogP contribution in [0.4, 0.5) is 5.69 Å². The average molecular weight is 309 g/mol. The fourth-order valence-corrected chi connectivity index (χ4v) is 1.84.